The fraction of sp³-hybridized carbons (Fsp3) is 0.455. The summed E-state index contributed by atoms with van der Waals surface area (Å²) >= 11 is 0. The molecule has 1 aromatic rings. The molecule has 0 aromatic heterocycles. The van der Waals surface area contributed by atoms with E-state index < -0.39 is 6.10 Å². The van der Waals surface area contributed by atoms with Gasteiger partial charge in [0.25, 0.3) is 0 Å². The molecule has 0 amide bonds. The maximum absolute atomic E-state index is 9.29. The summed E-state index contributed by atoms with van der Waals surface area (Å²) in [5, 5.41) is 9.29. The van der Waals surface area contributed by atoms with Crippen LogP contribution in [0.3, 0.4) is 0 Å². The Hall–Kier alpha value is -1.42. The molecule has 1 aromatic carbocycles. The van der Waals surface area contributed by atoms with Gasteiger partial charge in [-0.2, -0.15) is 0 Å². The van der Waals surface area contributed by atoms with Crippen LogP contribution in [0.25, 0.3) is 0 Å². The summed E-state index contributed by atoms with van der Waals surface area (Å²) in [7, 11) is 0. The highest BCUT2D eigenvalue weighted by Gasteiger charge is 2.16. The first-order valence-corrected chi connectivity index (χ1v) is 4.91. The minimum atomic E-state index is -0.504. The molecule has 82 valence electrons. The molecule has 1 heterocycles. The van der Waals surface area contributed by atoms with Gasteiger partial charge in [-0.1, -0.05) is 0 Å². The van der Waals surface area contributed by atoms with Gasteiger partial charge in [-0.3, -0.25) is 0 Å². The number of aliphatic hydroxyl groups is 1. The number of aliphatic hydroxyl groups excluding tert-OH is 1. The third-order valence-electron chi connectivity index (χ3n) is 2.35. The summed E-state index contributed by atoms with van der Waals surface area (Å²) in [6.07, 6.45) is -0.749. The molecular weight excluding hydrogens is 196 g/mol. The summed E-state index contributed by atoms with van der Waals surface area (Å²) < 4.78 is 15.9. The number of ether oxygens (including phenoxy) is 3. The van der Waals surface area contributed by atoms with Crippen LogP contribution in [0.1, 0.15) is 13.8 Å². The van der Waals surface area contributed by atoms with E-state index in [1.54, 1.807) is 25.1 Å². The number of hydrogen-bond acceptors (Lipinski definition) is 4. The molecule has 0 spiro atoms. The highest BCUT2D eigenvalue weighted by atomic mass is 16.7. The molecule has 0 saturated carbocycles. The molecule has 0 fully saturated rings. The minimum absolute atomic E-state index is 0.245. The van der Waals surface area contributed by atoms with Crippen LogP contribution >= 0.6 is 0 Å². The zero-order valence-corrected chi connectivity index (χ0v) is 8.77. The van der Waals surface area contributed by atoms with Gasteiger partial charge in [0, 0.05) is 6.07 Å². The highest BCUT2D eigenvalue weighted by molar-refractivity contribution is 5.46. The Morgan fingerprint density at radius 3 is 2.73 bits per heavy atom. The third-order valence-corrected chi connectivity index (χ3v) is 2.35. The van der Waals surface area contributed by atoms with E-state index in [0.717, 1.165) is 5.75 Å². The van der Waals surface area contributed by atoms with Gasteiger partial charge in [-0.05, 0) is 26.0 Å². The van der Waals surface area contributed by atoms with Crippen LogP contribution in [0.5, 0.6) is 17.2 Å². The number of fused-ring (bicyclic) bond motifs is 1. The van der Waals surface area contributed by atoms with Gasteiger partial charge in [-0.15, -0.1) is 0 Å². The maximum Gasteiger partial charge on any atom is 0.231 e. The predicted molar refractivity (Wildman–Crippen MR) is 54.3 cm³/mol. The lowest BCUT2D eigenvalue weighted by molar-refractivity contribution is 0.0603. The van der Waals surface area contributed by atoms with E-state index in [-0.39, 0.29) is 12.9 Å². The topological polar surface area (TPSA) is 47.9 Å². The summed E-state index contributed by atoms with van der Waals surface area (Å²) in [4.78, 5) is 0. The zero-order valence-electron chi connectivity index (χ0n) is 8.77. The lowest BCUT2D eigenvalue weighted by Crippen LogP contribution is -2.25. The van der Waals surface area contributed by atoms with Crippen molar-refractivity contribution < 1.29 is 19.3 Å². The first-order chi connectivity index (χ1) is 7.16. The molecule has 1 N–H and O–H groups in total. The molecule has 2 rings (SSSR count). The normalized spacial score (nSPS) is 17.3. The van der Waals surface area contributed by atoms with Crippen molar-refractivity contribution in [3.8, 4) is 17.2 Å². The Kier molecular flexibility index (Phi) is 2.68. The van der Waals surface area contributed by atoms with Gasteiger partial charge in [0.1, 0.15) is 11.9 Å². The van der Waals surface area contributed by atoms with Gasteiger partial charge in [0.05, 0.1) is 6.10 Å². The second-order valence-electron chi connectivity index (χ2n) is 3.58. The Balaban J connectivity index is 2.10. The van der Waals surface area contributed by atoms with E-state index in [1.807, 2.05) is 6.92 Å². The van der Waals surface area contributed by atoms with E-state index >= 15 is 0 Å². The summed E-state index contributed by atoms with van der Waals surface area (Å²) in [6, 6.07) is 5.36. The van der Waals surface area contributed by atoms with Gasteiger partial charge < -0.3 is 19.3 Å². The molecule has 0 saturated heterocycles. The standard InChI is InChI=1S/C11H14O4/c1-7(12)8(2)15-9-3-4-10-11(5-9)14-6-13-10/h3-5,7-8,12H,6H2,1-2H3/t7-,8?/m1/s1. The first-order valence-electron chi connectivity index (χ1n) is 4.91. The van der Waals surface area contributed by atoms with Crippen LogP contribution in [-0.4, -0.2) is 24.1 Å². The largest absolute Gasteiger partial charge is 0.488 e. The van der Waals surface area contributed by atoms with Crippen molar-refractivity contribution in [1.82, 2.24) is 0 Å². The van der Waals surface area contributed by atoms with Crippen LogP contribution in [0, 0.1) is 0 Å². The molecule has 4 nitrogen and oxygen atoms in total. The molecular formula is C11H14O4. The van der Waals surface area contributed by atoms with Crippen molar-refractivity contribution in [2.24, 2.45) is 0 Å². The van der Waals surface area contributed by atoms with Gasteiger partial charge in [0.15, 0.2) is 11.5 Å². The van der Waals surface area contributed by atoms with Gasteiger partial charge >= 0.3 is 0 Å². The zero-order chi connectivity index (χ0) is 10.8. The minimum Gasteiger partial charge on any atom is -0.488 e. The SMILES string of the molecule is CC(Oc1ccc2c(c1)OCO2)[C@@H](C)O. The lowest BCUT2D eigenvalue weighted by atomic mass is 10.2. The smallest absolute Gasteiger partial charge is 0.231 e. The van der Waals surface area contributed by atoms with Gasteiger partial charge in [0.2, 0.25) is 6.79 Å². The van der Waals surface area contributed by atoms with Gasteiger partial charge in [-0.25, -0.2) is 0 Å². The molecule has 1 unspecified atom stereocenters. The second kappa shape index (κ2) is 3.98. The van der Waals surface area contributed by atoms with E-state index in [2.05, 4.69) is 0 Å². The van der Waals surface area contributed by atoms with E-state index in [1.165, 1.54) is 0 Å². The molecule has 0 bridgehead atoms. The van der Waals surface area contributed by atoms with E-state index in [4.69, 9.17) is 14.2 Å². The number of rotatable bonds is 3. The van der Waals surface area contributed by atoms with Crippen LogP contribution in [-0.2, 0) is 0 Å². The molecule has 2 atom stereocenters. The van der Waals surface area contributed by atoms with Crippen LogP contribution < -0.4 is 14.2 Å². The average Bonchev–Trinajstić information content (AvgIpc) is 2.64. The van der Waals surface area contributed by atoms with Crippen molar-refractivity contribution in [3.63, 3.8) is 0 Å². The molecule has 0 radical (unpaired) electrons. The van der Waals surface area contributed by atoms with Crippen LogP contribution in [0.4, 0.5) is 0 Å². The quantitative estimate of drug-likeness (QED) is 0.822. The molecule has 15 heavy (non-hydrogen) atoms. The Morgan fingerprint density at radius 2 is 2.00 bits per heavy atom. The second-order valence-corrected chi connectivity index (χ2v) is 3.58. The van der Waals surface area contributed by atoms with Crippen molar-refractivity contribution >= 4 is 0 Å². The fourth-order valence-corrected chi connectivity index (χ4v) is 1.26. The summed E-state index contributed by atoms with van der Waals surface area (Å²) in [5.74, 6) is 2.09. The number of benzene rings is 1. The fourth-order valence-electron chi connectivity index (χ4n) is 1.26. The van der Waals surface area contributed by atoms with Crippen LogP contribution in [0.15, 0.2) is 18.2 Å². The first kappa shape index (κ1) is 10.1. The highest BCUT2D eigenvalue weighted by Crippen LogP contribution is 2.35. The Bertz CT molecular complexity index is 348. The van der Waals surface area contributed by atoms with Crippen molar-refractivity contribution in [2.45, 2.75) is 26.1 Å². The number of hydrogen-bond donors (Lipinski definition) is 1. The van der Waals surface area contributed by atoms with Crippen LogP contribution in [0.2, 0.25) is 0 Å². The predicted octanol–water partition coefficient (Wildman–Crippen LogP) is 1.56. The van der Waals surface area contributed by atoms with Crippen molar-refractivity contribution in [2.75, 3.05) is 6.79 Å². The van der Waals surface area contributed by atoms with E-state index in [0.29, 0.717) is 11.5 Å². The summed E-state index contributed by atoms with van der Waals surface area (Å²) in [5.41, 5.74) is 0. The molecule has 1 aliphatic heterocycles. The maximum atomic E-state index is 9.29. The van der Waals surface area contributed by atoms with Crippen molar-refractivity contribution in [3.05, 3.63) is 18.2 Å². The molecule has 4 heteroatoms. The molecule has 0 aliphatic carbocycles. The lowest BCUT2D eigenvalue weighted by Gasteiger charge is -2.17. The third kappa shape index (κ3) is 2.15. The van der Waals surface area contributed by atoms with Crippen molar-refractivity contribution in [1.29, 1.82) is 0 Å². The molecule has 1 aliphatic rings. The average molecular weight is 210 g/mol. The Labute approximate surface area is 88.4 Å². The monoisotopic (exact) mass is 210 g/mol. The Morgan fingerprint density at radius 1 is 1.27 bits per heavy atom. The van der Waals surface area contributed by atoms with E-state index in [9.17, 15) is 5.11 Å². The summed E-state index contributed by atoms with van der Waals surface area (Å²) in [6.45, 7) is 3.76.